The summed E-state index contributed by atoms with van der Waals surface area (Å²) in [4.78, 5) is 0. The topological polar surface area (TPSA) is 80.6 Å². The van der Waals surface area contributed by atoms with Gasteiger partial charge in [-0.05, 0) is 29.8 Å². The fourth-order valence-electron chi connectivity index (χ4n) is 1.89. The molecule has 0 spiro atoms. The minimum atomic E-state index is -0.00215. The van der Waals surface area contributed by atoms with Crippen molar-refractivity contribution >= 4 is 17.7 Å². The number of rotatable bonds is 4. The first-order chi connectivity index (χ1) is 11.2. The van der Waals surface area contributed by atoms with Gasteiger partial charge in [0.2, 0.25) is 0 Å². The van der Waals surface area contributed by atoms with E-state index in [1.807, 2.05) is 12.1 Å². The van der Waals surface area contributed by atoms with E-state index in [0.717, 1.165) is 5.56 Å². The number of hydrogen-bond acceptors (Lipinski definition) is 4. The van der Waals surface area contributed by atoms with Gasteiger partial charge in [0, 0.05) is 5.56 Å². The third kappa shape index (κ3) is 4.11. The lowest BCUT2D eigenvalue weighted by Crippen LogP contribution is -1.98. The summed E-state index contributed by atoms with van der Waals surface area (Å²) in [5.74, 6) is 0.465. The fourth-order valence-corrected chi connectivity index (χ4v) is 2.13. The monoisotopic (exact) mass is 319 g/mol. The Labute approximate surface area is 139 Å². The van der Waals surface area contributed by atoms with E-state index in [1.165, 1.54) is 6.08 Å². The maximum Gasteiger partial charge on any atom is 0.138 e. The average Bonchev–Trinajstić information content (AvgIpc) is 2.59. The minimum Gasteiger partial charge on any atom is -0.487 e. The van der Waals surface area contributed by atoms with Gasteiger partial charge in [-0.3, -0.25) is 0 Å². The normalized spacial score (nSPS) is 9.13. The van der Waals surface area contributed by atoms with E-state index in [2.05, 4.69) is 6.07 Å². The SMILES string of the molecule is N#CC(C#N)=Cc1ccc(OCc2ccccc2C#N)c(Cl)c1. The second-order valence-electron chi connectivity index (χ2n) is 4.53. The highest BCUT2D eigenvalue weighted by molar-refractivity contribution is 6.32. The van der Waals surface area contributed by atoms with Crippen LogP contribution in [0.4, 0.5) is 0 Å². The summed E-state index contributed by atoms with van der Waals surface area (Å²) >= 11 is 6.15. The lowest BCUT2D eigenvalue weighted by Gasteiger charge is -2.09. The Hall–Kier alpha value is -3.26. The van der Waals surface area contributed by atoms with E-state index < -0.39 is 0 Å². The van der Waals surface area contributed by atoms with E-state index in [4.69, 9.17) is 32.1 Å². The number of allylic oxidation sites excluding steroid dienone is 1. The summed E-state index contributed by atoms with van der Waals surface area (Å²) in [7, 11) is 0. The fraction of sp³-hybridized carbons (Fsp3) is 0.0556. The Morgan fingerprint density at radius 1 is 1.09 bits per heavy atom. The molecule has 2 aromatic rings. The lowest BCUT2D eigenvalue weighted by atomic mass is 10.1. The van der Waals surface area contributed by atoms with E-state index in [0.29, 0.717) is 21.9 Å². The molecule has 2 rings (SSSR count). The lowest BCUT2D eigenvalue weighted by molar-refractivity contribution is 0.306. The van der Waals surface area contributed by atoms with E-state index in [9.17, 15) is 0 Å². The first-order valence-electron chi connectivity index (χ1n) is 6.60. The van der Waals surface area contributed by atoms with Gasteiger partial charge in [-0.1, -0.05) is 35.9 Å². The zero-order valence-corrected chi connectivity index (χ0v) is 12.7. The molecule has 110 valence electrons. The van der Waals surface area contributed by atoms with Gasteiger partial charge in [0.25, 0.3) is 0 Å². The molecular formula is C18H10ClN3O. The van der Waals surface area contributed by atoms with Gasteiger partial charge in [-0.25, -0.2) is 0 Å². The molecule has 0 fully saturated rings. The van der Waals surface area contributed by atoms with Crippen LogP contribution >= 0.6 is 11.6 Å². The highest BCUT2D eigenvalue weighted by Crippen LogP contribution is 2.27. The van der Waals surface area contributed by atoms with E-state index in [1.54, 1.807) is 42.5 Å². The largest absolute Gasteiger partial charge is 0.487 e. The Morgan fingerprint density at radius 3 is 2.48 bits per heavy atom. The summed E-state index contributed by atoms with van der Waals surface area (Å²) in [6.07, 6.45) is 1.45. The van der Waals surface area contributed by atoms with Crippen molar-refractivity contribution in [3.63, 3.8) is 0 Å². The van der Waals surface area contributed by atoms with E-state index in [-0.39, 0.29) is 12.2 Å². The van der Waals surface area contributed by atoms with Crippen LogP contribution in [0.5, 0.6) is 5.75 Å². The molecule has 0 saturated carbocycles. The molecular weight excluding hydrogens is 310 g/mol. The highest BCUT2D eigenvalue weighted by atomic mass is 35.5. The number of benzene rings is 2. The third-order valence-electron chi connectivity index (χ3n) is 3.03. The van der Waals surface area contributed by atoms with Crippen molar-refractivity contribution in [1.82, 2.24) is 0 Å². The summed E-state index contributed by atoms with van der Waals surface area (Å²) in [5.41, 5.74) is 1.96. The van der Waals surface area contributed by atoms with Gasteiger partial charge in [-0.2, -0.15) is 15.8 Å². The summed E-state index contributed by atoms with van der Waals surface area (Å²) in [5, 5.41) is 26.9. The molecule has 0 heterocycles. The summed E-state index contributed by atoms with van der Waals surface area (Å²) in [6, 6.07) is 17.8. The number of halogens is 1. The minimum absolute atomic E-state index is 0.00215. The van der Waals surface area contributed by atoms with Crippen LogP contribution in [0.2, 0.25) is 5.02 Å². The maximum atomic E-state index is 9.05. The molecule has 4 nitrogen and oxygen atoms in total. The van der Waals surface area contributed by atoms with Crippen LogP contribution in [-0.2, 0) is 6.61 Å². The molecule has 2 aromatic carbocycles. The number of nitriles is 3. The Kier molecular flexibility index (Phi) is 5.37. The molecule has 5 heteroatoms. The van der Waals surface area contributed by atoms with Crippen molar-refractivity contribution in [2.24, 2.45) is 0 Å². The van der Waals surface area contributed by atoms with Crippen molar-refractivity contribution in [2.75, 3.05) is 0 Å². The van der Waals surface area contributed by atoms with E-state index >= 15 is 0 Å². The molecule has 0 saturated heterocycles. The van der Waals surface area contributed by atoms with Crippen LogP contribution in [0.1, 0.15) is 16.7 Å². The second kappa shape index (κ2) is 7.66. The second-order valence-corrected chi connectivity index (χ2v) is 4.94. The van der Waals surface area contributed by atoms with Crippen molar-refractivity contribution in [3.05, 3.63) is 69.8 Å². The standard InChI is InChI=1S/C18H10ClN3O/c19-17-8-13(7-14(9-20)10-21)5-6-18(17)23-12-16-4-2-1-3-15(16)11-22/h1-8H,12H2. The third-order valence-corrected chi connectivity index (χ3v) is 3.32. The van der Waals surface area contributed by atoms with Crippen LogP contribution in [-0.4, -0.2) is 0 Å². The first kappa shape index (κ1) is 16.1. The molecule has 0 amide bonds. The van der Waals surface area contributed by atoms with Crippen molar-refractivity contribution in [3.8, 4) is 24.0 Å². The molecule has 0 atom stereocenters. The summed E-state index contributed by atoms with van der Waals surface area (Å²) < 4.78 is 5.64. The van der Waals surface area contributed by atoms with Crippen LogP contribution in [0.25, 0.3) is 6.08 Å². The van der Waals surface area contributed by atoms with Crippen LogP contribution in [0.3, 0.4) is 0 Å². The maximum absolute atomic E-state index is 9.05. The molecule has 0 N–H and O–H groups in total. The predicted molar refractivity (Wildman–Crippen MR) is 86.1 cm³/mol. The van der Waals surface area contributed by atoms with Gasteiger partial charge in [-0.15, -0.1) is 0 Å². The molecule has 0 bridgehead atoms. The Bertz CT molecular complexity index is 866. The molecule has 0 aliphatic rings. The van der Waals surface area contributed by atoms with Crippen molar-refractivity contribution in [1.29, 1.82) is 15.8 Å². The Balaban J connectivity index is 2.17. The summed E-state index contributed by atoms with van der Waals surface area (Å²) in [6.45, 7) is 0.223. The van der Waals surface area contributed by atoms with Gasteiger partial charge in [0.05, 0.1) is 16.7 Å². The number of ether oxygens (including phenoxy) is 1. The van der Waals surface area contributed by atoms with Gasteiger partial charge in [0.15, 0.2) is 0 Å². The average molecular weight is 320 g/mol. The smallest absolute Gasteiger partial charge is 0.138 e. The highest BCUT2D eigenvalue weighted by Gasteiger charge is 2.06. The molecule has 0 aromatic heterocycles. The molecule has 0 aliphatic heterocycles. The van der Waals surface area contributed by atoms with Gasteiger partial charge < -0.3 is 4.74 Å². The predicted octanol–water partition coefficient (Wildman–Crippen LogP) is 4.22. The molecule has 0 unspecified atom stereocenters. The quantitative estimate of drug-likeness (QED) is 0.790. The molecule has 23 heavy (non-hydrogen) atoms. The number of hydrogen-bond donors (Lipinski definition) is 0. The van der Waals surface area contributed by atoms with Crippen LogP contribution < -0.4 is 4.74 Å². The molecule has 0 radical (unpaired) electrons. The van der Waals surface area contributed by atoms with Crippen LogP contribution in [0.15, 0.2) is 48.0 Å². The first-order valence-corrected chi connectivity index (χ1v) is 6.98. The zero-order valence-electron chi connectivity index (χ0n) is 12.0. The zero-order chi connectivity index (χ0) is 16.7. The van der Waals surface area contributed by atoms with Crippen molar-refractivity contribution < 1.29 is 4.74 Å². The van der Waals surface area contributed by atoms with Gasteiger partial charge in [0.1, 0.15) is 30.1 Å². The van der Waals surface area contributed by atoms with Crippen LogP contribution in [0, 0.1) is 34.0 Å². The Morgan fingerprint density at radius 2 is 1.83 bits per heavy atom. The number of nitrogens with zero attached hydrogens (tertiary/aromatic N) is 3. The molecule has 0 aliphatic carbocycles. The van der Waals surface area contributed by atoms with Crippen molar-refractivity contribution in [2.45, 2.75) is 6.61 Å². The van der Waals surface area contributed by atoms with Gasteiger partial charge >= 0.3 is 0 Å².